The molecule has 1 fully saturated rings. The second-order valence-corrected chi connectivity index (χ2v) is 5.09. The van der Waals surface area contributed by atoms with E-state index in [1.54, 1.807) is 0 Å². The Morgan fingerprint density at radius 1 is 1.31 bits per heavy atom. The molecule has 2 rings (SSSR count). The molecule has 0 spiro atoms. The first-order valence-electron chi connectivity index (χ1n) is 6.47. The van der Waals surface area contributed by atoms with Crippen molar-refractivity contribution in [1.82, 2.24) is 0 Å². The molecule has 1 aliphatic rings. The van der Waals surface area contributed by atoms with Crippen molar-refractivity contribution in [3.05, 3.63) is 35.4 Å². The molecule has 0 unspecified atom stereocenters. The van der Waals surface area contributed by atoms with Crippen LogP contribution < -0.4 is 0 Å². The van der Waals surface area contributed by atoms with Gasteiger partial charge < -0.3 is 5.11 Å². The van der Waals surface area contributed by atoms with Crippen molar-refractivity contribution < 1.29 is 5.11 Å². The van der Waals surface area contributed by atoms with Crippen molar-refractivity contribution in [3.63, 3.8) is 0 Å². The Morgan fingerprint density at radius 3 is 2.75 bits per heavy atom. The van der Waals surface area contributed by atoms with Crippen LogP contribution in [0.3, 0.4) is 0 Å². The summed E-state index contributed by atoms with van der Waals surface area (Å²) < 4.78 is 0. The molecule has 1 N–H and O–H groups in total. The highest BCUT2D eigenvalue weighted by Gasteiger charge is 2.39. The minimum absolute atomic E-state index is 0.433. The zero-order valence-electron chi connectivity index (χ0n) is 10.4. The van der Waals surface area contributed by atoms with Crippen molar-refractivity contribution in [3.8, 4) is 0 Å². The van der Waals surface area contributed by atoms with Gasteiger partial charge in [0.1, 0.15) is 0 Å². The molecule has 0 amide bonds. The van der Waals surface area contributed by atoms with Gasteiger partial charge >= 0.3 is 0 Å². The van der Waals surface area contributed by atoms with Crippen LogP contribution in [0, 0.1) is 12.8 Å². The third-order valence-corrected chi connectivity index (χ3v) is 4.14. The molecular weight excluding hydrogens is 196 g/mol. The van der Waals surface area contributed by atoms with Gasteiger partial charge in [-0.15, -0.1) is 0 Å². The van der Waals surface area contributed by atoms with Crippen LogP contribution in [0.4, 0.5) is 0 Å². The minimum Gasteiger partial charge on any atom is -0.385 e. The van der Waals surface area contributed by atoms with Gasteiger partial charge in [0, 0.05) is 0 Å². The third kappa shape index (κ3) is 1.89. The van der Waals surface area contributed by atoms with E-state index in [0.29, 0.717) is 5.92 Å². The van der Waals surface area contributed by atoms with Crippen LogP contribution >= 0.6 is 0 Å². The monoisotopic (exact) mass is 218 g/mol. The van der Waals surface area contributed by atoms with Crippen molar-refractivity contribution in [2.45, 2.75) is 51.6 Å². The highest BCUT2D eigenvalue weighted by atomic mass is 16.3. The van der Waals surface area contributed by atoms with Gasteiger partial charge in [0.05, 0.1) is 5.60 Å². The minimum atomic E-state index is -0.571. The van der Waals surface area contributed by atoms with Gasteiger partial charge in [0.25, 0.3) is 0 Å². The van der Waals surface area contributed by atoms with Crippen molar-refractivity contribution >= 4 is 0 Å². The molecule has 0 radical (unpaired) electrons. The van der Waals surface area contributed by atoms with E-state index in [4.69, 9.17) is 0 Å². The lowest BCUT2D eigenvalue weighted by molar-refractivity contribution is -0.0562. The molecule has 16 heavy (non-hydrogen) atoms. The van der Waals surface area contributed by atoms with E-state index in [9.17, 15) is 5.11 Å². The molecular formula is C15H22O. The quantitative estimate of drug-likeness (QED) is 0.801. The molecule has 0 aliphatic heterocycles. The van der Waals surface area contributed by atoms with E-state index >= 15 is 0 Å². The summed E-state index contributed by atoms with van der Waals surface area (Å²) in [7, 11) is 0. The standard InChI is InChI=1S/C15H22O/c1-3-13-9-6-7-11-15(13,16)14-10-5-4-8-12(14)2/h4-5,8,10,13,16H,3,6-7,9,11H2,1-2H3/t13-,15-/m0/s1. The molecule has 0 aromatic heterocycles. The number of aryl methyl sites for hydroxylation is 1. The predicted octanol–water partition coefficient (Wildman–Crippen LogP) is 3.78. The Labute approximate surface area is 98.5 Å². The van der Waals surface area contributed by atoms with Gasteiger partial charge in [-0.1, -0.05) is 50.5 Å². The van der Waals surface area contributed by atoms with Crippen LogP contribution in [-0.2, 0) is 5.60 Å². The molecule has 88 valence electrons. The molecule has 1 aromatic rings. The number of rotatable bonds is 2. The highest BCUT2D eigenvalue weighted by molar-refractivity contribution is 5.32. The molecule has 0 heterocycles. The van der Waals surface area contributed by atoms with E-state index in [0.717, 1.165) is 24.8 Å². The van der Waals surface area contributed by atoms with Crippen LogP contribution in [0.5, 0.6) is 0 Å². The van der Waals surface area contributed by atoms with Crippen molar-refractivity contribution in [1.29, 1.82) is 0 Å². The number of hydrogen-bond donors (Lipinski definition) is 1. The summed E-state index contributed by atoms with van der Waals surface area (Å²) in [4.78, 5) is 0. The maximum absolute atomic E-state index is 11.0. The van der Waals surface area contributed by atoms with E-state index in [1.165, 1.54) is 18.4 Å². The molecule has 1 heteroatoms. The van der Waals surface area contributed by atoms with Gasteiger partial charge in [-0.2, -0.15) is 0 Å². The van der Waals surface area contributed by atoms with Gasteiger partial charge in [-0.25, -0.2) is 0 Å². The molecule has 2 atom stereocenters. The number of aliphatic hydroxyl groups is 1. The van der Waals surface area contributed by atoms with Gasteiger partial charge in [0.15, 0.2) is 0 Å². The zero-order valence-corrected chi connectivity index (χ0v) is 10.4. The molecule has 1 aliphatic carbocycles. The Hall–Kier alpha value is -0.820. The largest absolute Gasteiger partial charge is 0.385 e. The lowest BCUT2D eigenvalue weighted by atomic mass is 9.69. The summed E-state index contributed by atoms with van der Waals surface area (Å²) in [5.74, 6) is 0.433. The van der Waals surface area contributed by atoms with Gasteiger partial charge in [0.2, 0.25) is 0 Å². The van der Waals surface area contributed by atoms with E-state index in [-0.39, 0.29) is 0 Å². The fraction of sp³-hybridized carbons (Fsp3) is 0.600. The van der Waals surface area contributed by atoms with Gasteiger partial charge in [-0.05, 0) is 36.8 Å². The van der Waals surface area contributed by atoms with Crippen LogP contribution in [0.2, 0.25) is 0 Å². The Balaban J connectivity index is 2.39. The Kier molecular flexibility index (Phi) is 3.34. The topological polar surface area (TPSA) is 20.2 Å². The first-order chi connectivity index (χ1) is 7.68. The van der Waals surface area contributed by atoms with Crippen molar-refractivity contribution in [2.24, 2.45) is 5.92 Å². The van der Waals surface area contributed by atoms with Crippen LogP contribution in [-0.4, -0.2) is 5.11 Å². The maximum atomic E-state index is 11.0. The average molecular weight is 218 g/mol. The number of benzene rings is 1. The summed E-state index contributed by atoms with van der Waals surface area (Å²) in [6.45, 7) is 4.30. The smallest absolute Gasteiger partial charge is 0.0927 e. The summed E-state index contributed by atoms with van der Waals surface area (Å²) >= 11 is 0. The SMILES string of the molecule is CC[C@H]1CCCC[C@@]1(O)c1ccccc1C. The van der Waals surface area contributed by atoms with E-state index in [2.05, 4.69) is 26.0 Å². The van der Waals surface area contributed by atoms with Crippen molar-refractivity contribution in [2.75, 3.05) is 0 Å². The second kappa shape index (κ2) is 4.58. The molecule has 1 nitrogen and oxygen atoms in total. The van der Waals surface area contributed by atoms with Crippen LogP contribution in [0.15, 0.2) is 24.3 Å². The molecule has 1 aromatic carbocycles. The van der Waals surface area contributed by atoms with Crippen LogP contribution in [0.25, 0.3) is 0 Å². The third-order valence-electron chi connectivity index (χ3n) is 4.14. The van der Waals surface area contributed by atoms with Crippen LogP contribution in [0.1, 0.15) is 50.2 Å². The first kappa shape index (κ1) is 11.7. The predicted molar refractivity (Wildman–Crippen MR) is 67.3 cm³/mol. The summed E-state index contributed by atoms with van der Waals surface area (Å²) in [5, 5.41) is 11.0. The fourth-order valence-corrected chi connectivity index (χ4v) is 3.18. The maximum Gasteiger partial charge on any atom is 0.0927 e. The average Bonchev–Trinajstić information content (AvgIpc) is 2.30. The molecule has 1 saturated carbocycles. The molecule has 0 bridgehead atoms. The second-order valence-electron chi connectivity index (χ2n) is 5.09. The number of hydrogen-bond acceptors (Lipinski definition) is 1. The molecule has 0 saturated heterocycles. The lowest BCUT2D eigenvalue weighted by Gasteiger charge is -2.41. The summed E-state index contributed by atoms with van der Waals surface area (Å²) in [5.41, 5.74) is 1.81. The van der Waals surface area contributed by atoms with E-state index in [1.807, 2.05) is 12.1 Å². The Bertz CT molecular complexity index is 358. The summed E-state index contributed by atoms with van der Waals surface area (Å²) in [6.07, 6.45) is 5.59. The first-order valence-corrected chi connectivity index (χ1v) is 6.47. The summed E-state index contributed by atoms with van der Waals surface area (Å²) in [6, 6.07) is 8.30. The lowest BCUT2D eigenvalue weighted by Crippen LogP contribution is -2.38. The highest BCUT2D eigenvalue weighted by Crippen LogP contribution is 2.44. The fourth-order valence-electron chi connectivity index (χ4n) is 3.18. The Morgan fingerprint density at radius 2 is 2.06 bits per heavy atom. The van der Waals surface area contributed by atoms with E-state index < -0.39 is 5.60 Å². The normalized spacial score (nSPS) is 30.3. The van der Waals surface area contributed by atoms with Gasteiger partial charge in [-0.3, -0.25) is 0 Å². The zero-order chi connectivity index (χ0) is 11.6.